The zero-order valence-electron chi connectivity index (χ0n) is 17.7. The first-order valence-corrected chi connectivity index (χ1v) is 10.7. The molecule has 0 fully saturated rings. The second-order valence-corrected chi connectivity index (χ2v) is 7.93. The monoisotopic (exact) mass is 422 g/mol. The zero-order chi connectivity index (χ0) is 22.0. The number of halogens is 1. The maximum Gasteiger partial charge on any atom is 0.0998 e. The lowest BCUT2D eigenvalue weighted by Gasteiger charge is -2.17. The van der Waals surface area contributed by atoms with E-state index in [2.05, 4.69) is 55.7 Å². The Morgan fingerprint density at radius 1 is 1.10 bits per heavy atom. The van der Waals surface area contributed by atoms with Crippen LogP contribution in [0.1, 0.15) is 46.9 Å². The summed E-state index contributed by atoms with van der Waals surface area (Å²) in [4.78, 5) is 3.53. The van der Waals surface area contributed by atoms with Crippen LogP contribution in [0, 0.1) is 18.3 Å². The first-order chi connectivity index (χ1) is 15.1. The highest BCUT2D eigenvalue weighted by Gasteiger charge is 2.20. The molecular formula is C28H23ClN2. The number of aromatic nitrogens is 1. The zero-order valence-corrected chi connectivity index (χ0v) is 18.4. The van der Waals surface area contributed by atoms with Gasteiger partial charge in [0.1, 0.15) is 0 Å². The third-order valence-electron chi connectivity index (χ3n) is 5.61. The second kappa shape index (κ2) is 8.68. The molecule has 3 heteroatoms. The average molecular weight is 423 g/mol. The average Bonchev–Trinajstić information content (AvgIpc) is 3.14. The fourth-order valence-corrected chi connectivity index (χ4v) is 4.32. The van der Waals surface area contributed by atoms with Crippen LogP contribution >= 0.6 is 11.6 Å². The van der Waals surface area contributed by atoms with Crippen molar-refractivity contribution in [3.63, 3.8) is 0 Å². The van der Waals surface area contributed by atoms with E-state index in [4.69, 9.17) is 11.6 Å². The molecule has 0 saturated carbocycles. The summed E-state index contributed by atoms with van der Waals surface area (Å²) in [5.74, 6) is 0. The summed E-state index contributed by atoms with van der Waals surface area (Å²) in [6, 6.07) is 24.7. The molecule has 4 rings (SSSR count). The summed E-state index contributed by atoms with van der Waals surface area (Å²) >= 11 is 6.90. The molecule has 0 aliphatic heterocycles. The minimum Gasteiger partial charge on any atom is -0.353 e. The third-order valence-corrected chi connectivity index (χ3v) is 6.01. The van der Waals surface area contributed by atoms with Gasteiger partial charge in [0.25, 0.3) is 0 Å². The highest BCUT2D eigenvalue weighted by atomic mass is 35.5. The largest absolute Gasteiger partial charge is 0.353 e. The van der Waals surface area contributed by atoms with Gasteiger partial charge in [0.15, 0.2) is 0 Å². The van der Waals surface area contributed by atoms with E-state index < -0.39 is 0 Å². The molecule has 1 heterocycles. The summed E-state index contributed by atoms with van der Waals surface area (Å²) in [5.41, 5.74) is 8.69. The van der Waals surface area contributed by atoms with Crippen LogP contribution in [-0.4, -0.2) is 4.98 Å². The van der Waals surface area contributed by atoms with Crippen molar-refractivity contribution in [3.05, 3.63) is 112 Å². The first kappa shape index (κ1) is 20.7. The van der Waals surface area contributed by atoms with Crippen LogP contribution in [0.2, 0.25) is 5.02 Å². The van der Waals surface area contributed by atoms with Gasteiger partial charge < -0.3 is 4.98 Å². The summed E-state index contributed by atoms with van der Waals surface area (Å²) in [5, 5.41) is 11.6. The molecule has 1 aromatic heterocycles. The molecule has 0 atom stereocenters. The summed E-state index contributed by atoms with van der Waals surface area (Å²) in [6.07, 6.45) is 2.51. The number of allylic oxidation sites excluding steroid dienone is 1. The fraction of sp³-hybridized carbons (Fsp3) is 0.107. The number of hydrogen-bond acceptors (Lipinski definition) is 1. The lowest BCUT2D eigenvalue weighted by Crippen LogP contribution is -1.98. The van der Waals surface area contributed by atoms with Gasteiger partial charge in [0.2, 0.25) is 0 Å². The Balaban J connectivity index is 2.09. The van der Waals surface area contributed by atoms with Crippen molar-refractivity contribution in [3.8, 4) is 6.07 Å². The van der Waals surface area contributed by atoms with E-state index in [0.717, 1.165) is 50.9 Å². The molecule has 0 bridgehead atoms. The number of rotatable bonds is 5. The van der Waals surface area contributed by atoms with Crippen molar-refractivity contribution < 1.29 is 0 Å². The van der Waals surface area contributed by atoms with Gasteiger partial charge >= 0.3 is 0 Å². The van der Waals surface area contributed by atoms with Gasteiger partial charge in [0.05, 0.1) is 22.3 Å². The van der Waals surface area contributed by atoms with Crippen LogP contribution in [0.5, 0.6) is 0 Å². The molecule has 0 amide bonds. The lowest BCUT2D eigenvalue weighted by molar-refractivity contribution is 1.22. The van der Waals surface area contributed by atoms with Crippen LogP contribution < -0.4 is 0 Å². The highest BCUT2D eigenvalue weighted by molar-refractivity contribution is 6.38. The molecule has 2 nitrogen and oxygen atoms in total. The Hall–Kier alpha value is -3.54. The predicted molar refractivity (Wildman–Crippen MR) is 132 cm³/mol. The minimum atomic E-state index is 0.631. The molecule has 152 valence electrons. The number of nitrogens with one attached hydrogen (secondary N) is 1. The van der Waals surface area contributed by atoms with Crippen LogP contribution in [0.15, 0.2) is 73.3 Å². The number of nitrogens with zero attached hydrogens (tertiary/aromatic N) is 1. The SMILES string of the molecule is C=Cc1ccc(/C(CC)=C(\c2ccc(C)cc2)c2[nH]c3ccccc3c2Cl)c(C#N)c1. The number of H-pyrrole nitrogens is 1. The number of hydrogen-bond donors (Lipinski definition) is 1. The minimum absolute atomic E-state index is 0.631. The van der Waals surface area contributed by atoms with Crippen molar-refractivity contribution in [2.24, 2.45) is 0 Å². The summed E-state index contributed by atoms with van der Waals surface area (Å²) < 4.78 is 0. The van der Waals surface area contributed by atoms with Gasteiger partial charge in [-0.2, -0.15) is 5.26 Å². The van der Waals surface area contributed by atoms with E-state index in [1.165, 1.54) is 5.56 Å². The highest BCUT2D eigenvalue weighted by Crippen LogP contribution is 2.40. The first-order valence-electron chi connectivity index (χ1n) is 10.3. The second-order valence-electron chi connectivity index (χ2n) is 7.55. The van der Waals surface area contributed by atoms with Crippen molar-refractivity contribution in [2.45, 2.75) is 20.3 Å². The quantitative estimate of drug-likeness (QED) is 0.325. The lowest BCUT2D eigenvalue weighted by atomic mass is 9.88. The Labute approximate surface area is 188 Å². The molecular weight excluding hydrogens is 400 g/mol. The predicted octanol–water partition coefficient (Wildman–Crippen LogP) is 8.01. The summed E-state index contributed by atoms with van der Waals surface area (Å²) in [6.45, 7) is 8.02. The van der Waals surface area contributed by atoms with Crippen molar-refractivity contribution in [2.75, 3.05) is 0 Å². The smallest absolute Gasteiger partial charge is 0.0998 e. The van der Waals surface area contributed by atoms with E-state index in [1.54, 1.807) is 6.08 Å². The number of benzene rings is 3. The molecule has 1 N–H and O–H groups in total. The van der Waals surface area contributed by atoms with Crippen molar-refractivity contribution in [1.29, 1.82) is 5.26 Å². The van der Waals surface area contributed by atoms with E-state index in [1.807, 2.05) is 42.5 Å². The van der Waals surface area contributed by atoms with Gasteiger partial charge in [-0.3, -0.25) is 0 Å². The Morgan fingerprint density at radius 2 is 1.84 bits per heavy atom. The number of nitriles is 1. The Kier molecular flexibility index (Phi) is 5.80. The topological polar surface area (TPSA) is 39.6 Å². The Bertz CT molecular complexity index is 1350. The molecule has 0 spiro atoms. The number of aryl methyl sites for hydroxylation is 1. The fourth-order valence-electron chi connectivity index (χ4n) is 4.02. The van der Waals surface area contributed by atoms with Gasteiger partial charge in [-0.05, 0) is 47.7 Å². The van der Waals surface area contributed by atoms with Crippen LogP contribution in [0.4, 0.5) is 0 Å². The van der Waals surface area contributed by atoms with Gasteiger partial charge in [-0.25, -0.2) is 0 Å². The maximum absolute atomic E-state index is 9.87. The molecule has 3 aromatic carbocycles. The normalized spacial score (nSPS) is 11.8. The van der Waals surface area contributed by atoms with E-state index in [9.17, 15) is 5.26 Å². The number of para-hydroxylation sites is 1. The van der Waals surface area contributed by atoms with Gasteiger partial charge in [-0.1, -0.05) is 91.3 Å². The Morgan fingerprint density at radius 3 is 2.48 bits per heavy atom. The van der Waals surface area contributed by atoms with Gasteiger partial charge in [0, 0.05) is 16.5 Å². The van der Waals surface area contributed by atoms with Crippen LogP contribution in [0.25, 0.3) is 28.1 Å². The van der Waals surface area contributed by atoms with Gasteiger partial charge in [-0.15, -0.1) is 0 Å². The molecule has 0 unspecified atom stereocenters. The molecule has 0 saturated heterocycles. The number of aromatic amines is 1. The van der Waals surface area contributed by atoms with Crippen molar-refractivity contribution in [1.82, 2.24) is 4.98 Å². The third kappa shape index (κ3) is 3.81. The standard InChI is InChI=1S/C28H23ClN2/c1-4-19-12-15-23(21(16-19)17-30)22(5-2)26(20-13-10-18(3)11-14-20)28-27(29)24-8-6-7-9-25(24)31-28/h4,6-16,31H,1,5H2,2-3H3/b26-22+. The molecule has 31 heavy (non-hydrogen) atoms. The van der Waals surface area contributed by atoms with Crippen molar-refractivity contribution >= 4 is 39.7 Å². The van der Waals surface area contributed by atoms with Crippen LogP contribution in [-0.2, 0) is 0 Å². The molecule has 4 aromatic rings. The summed E-state index contributed by atoms with van der Waals surface area (Å²) in [7, 11) is 0. The van der Waals surface area contributed by atoms with E-state index in [0.29, 0.717) is 10.6 Å². The maximum atomic E-state index is 9.87. The number of fused-ring (bicyclic) bond motifs is 1. The van der Waals surface area contributed by atoms with E-state index >= 15 is 0 Å². The van der Waals surface area contributed by atoms with E-state index in [-0.39, 0.29) is 0 Å². The van der Waals surface area contributed by atoms with Crippen LogP contribution in [0.3, 0.4) is 0 Å². The molecule has 0 aliphatic rings. The molecule has 0 radical (unpaired) electrons. The molecule has 0 aliphatic carbocycles.